The van der Waals surface area contributed by atoms with Crippen LogP contribution in [-0.2, 0) is 0 Å². The van der Waals surface area contributed by atoms with Crippen LogP contribution >= 0.6 is 22.6 Å². The summed E-state index contributed by atoms with van der Waals surface area (Å²) in [5.41, 5.74) is 0. The molecule has 0 atom stereocenters. The molecule has 0 saturated carbocycles. The van der Waals surface area contributed by atoms with Crippen molar-refractivity contribution in [1.82, 2.24) is 0 Å². The van der Waals surface area contributed by atoms with E-state index in [9.17, 15) is 0 Å². The highest BCUT2D eigenvalue weighted by Gasteiger charge is 2.19. The topological polar surface area (TPSA) is 0 Å². The molecule has 0 bridgehead atoms. The van der Waals surface area contributed by atoms with Crippen LogP contribution in [0.25, 0.3) is 0 Å². The van der Waals surface area contributed by atoms with Crippen molar-refractivity contribution in [2.24, 2.45) is 0 Å². The number of quaternary nitrogens is 1. The molecule has 0 aliphatic rings. The van der Waals surface area contributed by atoms with Gasteiger partial charge in [-0.15, -0.1) is 0 Å². The first-order valence-corrected chi connectivity index (χ1v) is 12.1. The maximum absolute atomic E-state index is 2.53. The van der Waals surface area contributed by atoms with E-state index in [0.717, 1.165) is 0 Å². The molecule has 0 unspecified atom stereocenters. The number of halogens is 2. The summed E-state index contributed by atoms with van der Waals surface area (Å²) in [6, 6.07) is 0. The molecule has 24 heavy (non-hydrogen) atoms. The van der Waals surface area contributed by atoms with Crippen LogP contribution in [0, 0.1) is 0 Å². The normalized spacial score (nSPS) is 11.5. The maximum Gasteiger partial charge on any atom is 0.0784 e. The monoisotopic (exact) mass is 517 g/mol. The molecule has 0 aliphatic carbocycles. The van der Waals surface area contributed by atoms with Crippen molar-refractivity contribution >= 4 is 22.6 Å². The number of unbranched alkanes of at least 4 members (excludes halogenated alkanes) is 11. The van der Waals surface area contributed by atoms with E-state index in [-0.39, 0.29) is 17.0 Å². The molecule has 1 nitrogen and oxygen atoms in total. The van der Waals surface area contributed by atoms with Gasteiger partial charge in [-0.25, -0.2) is 0 Å². The number of nitrogens with zero attached hydrogens (tertiary/aromatic N) is 1. The van der Waals surface area contributed by atoms with Crippen LogP contribution in [0.15, 0.2) is 0 Å². The van der Waals surface area contributed by atoms with E-state index in [4.69, 9.17) is 0 Å². The molecule has 0 radical (unpaired) electrons. The van der Waals surface area contributed by atoms with Gasteiger partial charge in [0.25, 0.3) is 0 Å². The van der Waals surface area contributed by atoms with Crippen LogP contribution in [0.3, 0.4) is 0 Å². The minimum absolute atomic E-state index is 0. The van der Waals surface area contributed by atoms with Crippen LogP contribution < -0.4 is 17.0 Å². The predicted molar refractivity (Wildman–Crippen MR) is 116 cm³/mol. The lowest BCUT2D eigenvalue weighted by molar-refractivity contribution is -0.910. The Bertz CT molecular complexity index is 220. The summed E-state index contributed by atoms with van der Waals surface area (Å²) >= 11 is 2.53. The van der Waals surface area contributed by atoms with E-state index in [1.165, 1.54) is 118 Å². The molecule has 0 N–H and O–H groups in total. The number of hydrogen-bond donors (Lipinski definition) is 0. The minimum atomic E-state index is 0. The first-order chi connectivity index (χ1) is 11.2. The molecule has 0 aliphatic heterocycles. The van der Waals surface area contributed by atoms with Crippen LogP contribution in [0.2, 0.25) is 0 Å². The molecule has 148 valence electrons. The standard InChI is InChI=1S/C21H45IN.BrH/c1-4-6-8-10-12-15-19-23(3,21-17-14-18-22)20-16-13-11-9-7-5-2;/h4-21H2,1-3H3;1H/q+1;/p-1. The summed E-state index contributed by atoms with van der Waals surface area (Å²) < 4.78 is 2.67. The number of rotatable bonds is 18. The first-order valence-electron chi connectivity index (χ1n) is 10.6. The van der Waals surface area contributed by atoms with Gasteiger partial charge in [-0.3, -0.25) is 0 Å². The Labute approximate surface area is 178 Å². The lowest BCUT2D eigenvalue weighted by atomic mass is 10.1. The van der Waals surface area contributed by atoms with Gasteiger partial charge < -0.3 is 21.5 Å². The Morgan fingerprint density at radius 1 is 0.542 bits per heavy atom. The van der Waals surface area contributed by atoms with E-state index in [0.29, 0.717) is 0 Å². The molecule has 0 fully saturated rings. The highest BCUT2D eigenvalue weighted by molar-refractivity contribution is 14.1. The van der Waals surface area contributed by atoms with Crippen molar-refractivity contribution in [1.29, 1.82) is 0 Å². The van der Waals surface area contributed by atoms with Gasteiger partial charge in [-0.1, -0.05) is 87.8 Å². The summed E-state index contributed by atoms with van der Waals surface area (Å²) in [5.74, 6) is 0. The minimum Gasteiger partial charge on any atom is -1.00 e. The molecule has 0 rings (SSSR count). The molecule has 0 saturated heterocycles. The van der Waals surface area contributed by atoms with Gasteiger partial charge in [-0.2, -0.15) is 0 Å². The fourth-order valence-corrected chi connectivity index (χ4v) is 4.01. The smallest absolute Gasteiger partial charge is 0.0784 e. The maximum atomic E-state index is 2.53. The van der Waals surface area contributed by atoms with Crippen molar-refractivity contribution in [3.8, 4) is 0 Å². The van der Waals surface area contributed by atoms with Gasteiger partial charge in [0.2, 0.25) is 0 Å². The third kappa shape index (κ3) is 18.0. The Morgan fingerprint density at radius 3 is 1.25 bits per heavy atom. The second-order valence-electron chi connectivity index (χ2n) is 7.72. The third-order valence-electron chi connectivity index (χ3n) is 5.18. The fourth-order valence-electron chi connectivity index (χ4n) is 3.47. The van der Waals surface area contributed by atoms with Gasteiger partial charge in [0.1, 0.15) is 0 Å². The van der Waals surface area contributed by atoms with E-state index in [1.807, 2.05) is 0 Å². The largest absolute Gasteiger partial charge is 1.00 e. The van der Waals surface area contributed by atoms with Gasteiger partial charge in [-0.05, 0) is 43.0 Å². The fraction of sp³-hybridized carbons (Fsp3) is 1.00. The Morgan fingerprint density at radius 2 is 0.875 bits per heavy atom. The zero-order chi connectivity index (χ0) is 17.2. The quantitative estimate of drug-likeness (QED) is 0.109. The molecule has 0 amide bonds. The summed E-state index contributed by atoms with van der Waals surface area (Å²) in [6.07, 6.45) is 20.0. The van der Waals surface area contributed by atoms with Crippen molar-refractivity contribution in [3.05, 3.63) is 0 Å². The summed E-state index contributed by atoms with van der Waals surface area (Å²) in [4.78, 5) is 0. The lowest BCUT2D eigenvalue weighted by Gasteiger charge is -2.35. The zero-order valence-electron chi connectivity index (χ0n) is 16.9. The summed E-state index contributed by atoms with van der Waals surface area (Å²) in [5, 5.41) is 0. The average molecular weight is 518 g/mol. The van der Waals surface area contributed by atoms with Crippen LogP contribution in [0.1, 0.15) is 104 Å². The molecule has 0 spiro atoms. The Kier molecular flexibility index (Phi) is 23.4. The van der Waals surface area contributed by atoms with E-state index in [2.05, 4.69) is 43.5 Å². The average Bonchev–Trinajstić information content (AvgIpc) is 2.54. The molecule has 3 heteroatoms. The lowest BCUT2D eigenvalue weighted by Crippen LogP contribution is -3.00. The Hall–Kier alpha value is 1.17. The second kappa shape index (κ2) is 20.5. The van der Waals surface area contributed by atoms with Crippen molar-refractivity contribution in [2.45, 2.75) is 104 Å². The van der Waals surface area contributed by atoms with Gasteiger partial charge in [0.05, 0.1) is 26.7 Å². The van der Waals surface area contributed by atoms with E-state index in [1.54, 1.807) is 0 Å². The highest BCUT2D eigenvalue weighted by atomic mass is 127. The third-order valence-corrected chi connectivity index (χ3v) is 5.95. The number of hydrogen-bond acceptors (Lipinski definition) is 0. The van der Waals surface area contributed by atoms with E-state index < -0.39 is 0 Å². The Balaban J connectivity index is 0. The van der Waals surface area contributed by atoms with Crippen LogP contribution in [0.4, 0.5) is 0 Å². The zero-order valence-corrected chi connectivity index (χ0v) is 20.7. The van der Waals surface area contributed by atoms with Gasteiger partial charge in [0, 0.05) is 0 Å². The molecule has 0 aromatic carbocycles. The van der Waals surface area contributed by atoms with Gasteiger partial charge >= 0.3 is 0 Å². The molecular weight excluding hydrogens is 473 g/mol. The molecule has 0 aromatic rings. The van der Waals surface area contributed by atoms with Crippen molar-refractivity contribution in [2.75, 3.05) is 31.1 Å². The van der Waals surface area contributed by atoms with Crippen LogP contribution in [-0.4, -0.2) is 35.6 Å². The molecule has 0 heterocycles. The van der Waals surface area contributed by atoms with E-state index >= 15 is 0 Å². The number of alkyl halides is 1. The van der Waals surface area contributed by atoms with Crippen molar-refractivity contribution < 1.29 is 21.5 Å². The second-order valence-corrected chi connectivity index (χ2v) is 8.80. The highest BCUT2D eigenvalue weighted by Crippen LogP contribution is 2.15. The molecule has 0 aromatic heterocycles. The summed E-state index contributed by atoms with van der Waals surface area (Å²) in [6.45, 7) is 8.86. The van der Waals surface area contributed by atoms with Gasteiger partial charge in [0.15, 0.2) is 0 Å². The molecular formula is C21H45BrIN. The van der Waals surface area contributed by atoms with Crippen LogP contribution in [0.5, 0.6) is 0 Å². The van der Waals surface area contributed by atoms with Crippen molar-refractivity contribution in [3.63, 3.8) is 0 Å². The first kappa shape index (κ1) is 27.4. The SMILES string of the molecule is CCCCCCCC[N+](C)(CCCCI)CCCCCCCC.[Br-]. The summed E-state index contributed by atoms with van der Waals surface area (Å²) in [7, 11) is 2.53. The predicted octanol–water partition coefficient (Wildman–Crippen LogP) is 4.37.